The smallest absolute Gasteiger partial charge is 0.279 e. The molecule has 1 unspecified atom stereocenters. The van der Waals surface area contributed by atoms with Gasteiger partial charge in [-0.25, -0.2) is 0 Å². The second kappa shape index (κ2) is 8.26. The van der Waals surface area contributed by atoms with Crippen molar-refractivity contribution in [2.24, 2.45) is 0 Å². The number of carbonyl (C=O) groups is 2. The third kappa shape index (κ3) is 4.93. The maximum atomic E-state index is 12.2. The molecule has 2 rings (SSSR count). The van der Waals surface area contributed by atoms with E-state index in [1.54, 1.807) is 31.3 Å². The van der Waals surface area contributed by atoms with Crippen LogP contribution in [0.2, 0.25) is 0 Å². The molecule has 0 spiro atoms. The largest absolute Gasteiger partial charge is 0.355 e. The molecular weight excluding hydrogens is 302 g/mol. The van der Waals surface area contributed by atoms with Crippen LogP contribution in [0, 0.1) is 6.92 Å². The quantitative estimate of drug-likeness (QED) is 0.742. The molecule has 0 saturated heterocycles. The molecule has 0 saturated carbocycles. The van der Waals surface area contributed by atoms with Gasteiger partial charge in [-0.15, -0.1) is 0 Å². The van der Waals surface area contributed by atoms with E-state index in [2.05, 4.69) is 29.7 Å². The molecule has 126 valence electrons. The first kappa shape index (κ1) is 17.7. The Balaban J connectivity index is 1.88. The van der Waals surface area contributed by atoms with Crippen LogP contribution in [0.5, 0.6) is 0 Å². The molecule has 5 heteroatoms. The first-order valence-electron chi connectivity index (χ1n) is 7.97. The number of rotatable bonds is 6. The van der Waals surface area contributed by atoms with Crippen LogP contribution in [-0.2, 0) is 11.3 Å². The molecular formula is C19H24N3O2+. The van der Waals surface area contributed by atoms with Crippen LogP contribution in [-0.4, -0.2) is 32.5 Å². The number of quaternary nitrogens is 1. The van der Waals surface area contributed by atoms with Gasteiger partial charge in [-0.2, -0.15) is 0 Å². The van der Waals surface area contributed by atoms with Crippen LogP contribution < -0.4 is 15.5 Å². The average molecular weight is 326 g/mol. The highest BCUT2D eigenvalue weighted by Gasteiger charge is 2.12. The van der Waals surface area contributed by atoms with Crippen molar-refractivity contribution in [1.82, 2.24) is 5.32 Å². The highest BCUT2D eigenvalue weighted by molar-refractivity contribution is 5.95. The van der Waals surface area contributed by atoms with E-state index in [9.17, 15) is 9.59 Å². The Bertz CT molecular complexity index is 711. The van der Waals surface area contributed by atoms with Crippen molar-refractivity contribution in [1.29, 1.82) is 0 Å². The lowest BCUT2D eigenvalue weighted by Gasteiger charge is -2.15. The topological polar surface area (TPSA) is 62.6 Å². The molecule has 3 N–H and O–H groups in total. The molecule has 2 amide bonds. The van der Waals surface area contributed by atoms with Crippen LogP contribution in [0.4, 0.5) is 5.69 Å². The lowest BCUT2D eigenvalue weighted by atomic mass is 10.1. The fourth-order valence-corrected chi connectivity index (χ4v) is 2.52. The highest BCUT2D eigenvalue weighted by Crippen LogP contribution is 2.09. The third-order valence-corrected chi connectivity index (χ3v) is 3.87. The Hall–Kier alpha value is -2.66. The second-order valence-electron chi connectivity index (χ2n) is 5.94. The van der Waals surface area contributed by atoms with Crippen LogP contribution in [0.15, 0.2) is 48.5 Å². The van der Waals surface area contributed by atoms with Gasteiger partial charge < -0.3 is 15.5 Å². The average Bonchev–Trinajstić information content (AvgIpc) is 2.56. The first-order chi connectivity index (χ1) is 11.5. The fraction of sp³-hybridized carbons (Fsp3) is 0.263. The van der Waals surface area contributed by atoms with E-state index in [0.717, 1.165) is 11.4 Å². The summed E-state index contributed by atoms with van der Waals surface area (Å²) >= 11 is 0. The van der Waals surface area contributed by atoms with Crippen molar-refractivity contribution in [3.05, 3.63) is 65.2 Å². The van der Waals surface area contributed by atoms with Gasteiger partial charge in [-0.1, -0.05) is 24.3 Å². The molecule has 0 radical (unpaired) electrons. The van der Waals surface area contributed by atoms with Crippen LogP contribution in [0.3, 0.4) is 0 Å². The minimum Gasteiger partial charge on any atom is -0.355 e. The first-order valence-corrected chi connectivity index (χ1v) is 7.97. The predicted octanol–water partition coefficient (Wildman–Crippen LogP) is 1.01. The van der Waals surface area contributed by atoms with Crippen molar-refractivity contribution >= 4 is 17.5 Å². The van der Waals surface area contributed by atoms with E-state index in [1.165, 1.54) is 11.1 Å². The van der Waals surface area contributed by atoms with Crippen molar-refractivity contribution in [2.75, 3.05) is 26.0 Å². The summed E-state index contributed by atoms with van der Waals surface area (Å²) < 4.78 is 0. The molecule has 0 aromatic heterocycles. The zero-order chi connectivity index (χ0) is 17.5. The zero-order valence-electron chi connectivity index (χ0n) is 14.3. The van der Waals surface area contributed by atoms with Crippen LogP contribution in [0.1, 0.15) is 21.5 Å². The number of likely N-dealkylation sites (N-methyl/N-ethyl adjacent to an activating group) is 1. The Morgan fingerprint density at radius 3 is 2.33 bits per heavy atom. The van der Waals surface area contributed by atoms with Crippen molar-refractivity contribution in [3.63, 3.8) is 0 Å². The van der Waals surface area contributed by atoms with Gasteiger partial charge >= 0.3 is 0 Å². The van der Waals surface area contributed by atoms with Gasteiger partial charge in [0.2, 0.25) is 0 Å². The van der Waals surface area contributed by atoms with E-state index in [0.29, 0.717) is 17.8 Å². The monoisotopic (exact) mass is 326 g/mol. The number of anilines is 1. The Morgan fingerprint density at radius 2 is 1.71 bits per heavy atom. The lowest BCUT2D eigenvalue weighted by Crippen LogP contribution is -3.08. The molecule has 1 atom stereocenters. The molecule has 0 bridgehead atoms. The fourth-order valence-electron chi connectivity index (χ4n) is 2.52. The van der Waals surface area contributed by atoms with Crippen LogP contribution in [0.25, 0.3) is 0 Å². The molecule has 0 fully saturated rings. The van der Waals surface area contributed by atoms with Gasteiger partial charge in [-0.3, -0.25) is 9.59 Å². The van der Waals surface area contributed by atoms with Crippen LogP contribution >= 0.6 is 0 Å². The maximum absolute atomic E-state index is 12.2. The van der Waals surface area contributed by atoms with Crippen molar-refractivity contribution in [2.45, 2.75) is 13.5 Å². The molecule has 0 aliphatic heterocycles. The lowest BCUT2D eigenvalue weighted by molar-refractivity contribution is -0.885. The van der Waals surface area contributed by atoms with Gasteiger partial charge in [0.1, 0.15) is 6.54 Å². The third-order valence-electron chi connectivity index (χ3n) is 3.87. The van der Waals surface area contributed by atoms with Gasteiger partial charge in [0.05, 0.1) is 7.05 Å². The van der Waals surface area contributed by atoms with Crippen molar-refractivity contribution < 1.29 is 14.5 Å². The standard InChI is InChI=1S/C19H23N3O2/c1-14-6-4-5-7-16(14)12-22(3)13-18(23)21-17-10-8-15(9-11-17)19(24)20-2/h4-11H,12-13H2,1-3H3,(H,20,24)(H,21,23)/p+1. The molecule has 0 heterocycles. The number of amides is 2. The zero-order valence-corrected chi connectivity index (χ0v) is 14.3. The number of hydrogen-bond donors (Lipinski definition) is 3. The molecule has 5 nitrogen and oxygen atoms in total. The van der Waals surface area contributed by atoms with E-state index in [1.807, 2.05) is 19.2 Å². The van der Waals surface area contributed by atoms with Gasteiger partial charge in [0, 0.05) is 23.9 Å². The van der Waals surface area contributed by atoms with E-state index in [-0.39, 0.29) is 11.8 Å². The minimum atomic E-state index is -0.143. The number of nitrogens with one attached hydrogen (secondary N) is 3. The summed E-state index contributed by atoms with van der Waals surface area (Å²) in [7, 11) is 3.59. The normalized spacial score (nSPS) is 11.6. The SMILES string of the molecule is CNC(=O)c1ccc(NC(=O)C[NH+](C)Cc2ccccc2C)cc1. The number of carbonyl (C=O) groups excluding carboxylic acids is 2. The summed E-state index contributed by atoms with van der Waals surface area (Å²) in [6.45, 7) is 3.26. The number of hydrogen-bond acceptors (Lipinski definition) is 2. The summed E-state index contributed by atoms with van der Waals surface area (Å²) in [6.07, 6.45) is 0. The molecule has 24 heavy (non-hydrogen) atoms. The number of aryl methyl sites for hydroxylation is 1. The summed E-state index contributed by atoms with van der Waals surface area (Å²) in [5.41, 5.74) is 3.74. The maximum Gasteiger partial charge on any atom is 0.279 e. The van der Waals surface area contributed by atoms with Crippen molar-refractivity contribution in [3.8, 4) is 0 Å². The molecule has 0 aliphatic carbocycles. The Labute approximate surface area is 142 Å². The Kier molecular flexibility index (Phi) is 6.09. The summed E-state index contributed by atoms with van der Waals surface area (Å²) in [5.74, 6) is -0.191. The van der Waals surface area contributed by atoms with E-state index < -0.39 is 0 Å². The van der Waals surface area contributed by atoms with Gasteiger partial charge in [0.25, 0.3) is 11.8 Å². The van der Waals surface area contributed by atoms with Gasteiger partial charge in [0.15, 0.2) is 6.54 Å². The molecule has 2 aromatic carbocycles. The summed E-state index contributed by atoms with van der Waals surface area (Å²) in [4.78, 5) is 24.8. The summed E-state index contributed by atoms with van der Waals surface area (Å²) in [6, 6.07) is 15.1. The number of benzene rings is 2. The predicted molar refractivity (Wildman–Crippen MR) is 95.1 cm³/mol. The van der Waals surface area contributed by atoms with E-state index in [4.69, 9.17) is 0 Å². The second-order valence-corrected chi connectivity index (χ2v) is 5.94. The highest BCUT2D eigenvalue weighted by atomic mass is 16.2. The van der Waals surface area contributed by atoms with E-state index >= 15 is 0 Å². The molecule has 2 aromatic rings. The molecule has 0 aliphatic rings. The van der Waals surface area contributed by atoms with Gasteiger partial charge in [-0.05, 0) is 36.8 Å². The minimum absolute atomic E-state index is 0.0474. The summed E-state index contributed by atoms with van der Waals surface area (Å²) in [5, 5.41) is 5.43. The Morgan fingerprint density at radius 1 is 1.04 bits per heavy atom.